The SMILES string of the molecule is COc1ccc(C(=O)N2CCCC(c3nc4c(nnn4Cc4ccc(C)cc4)c(=O)[nH]3)C2)cc1OC. The summed E-state index contributed by atoms with van der Waals surface area (Å²) >= 11 is 0. The maximum absolute atomic E-state index is 13.3. The Morgan fingerprint density at radius 1 is 1.11 bits per heavy atom. The molecule has 0 radical (unpaired) electrons. The predicted octanol–water partition coefficient (Wildman–Crippen LogP) is 2.91. The number of benzene rings is 2. The van der Waals surface area contributed by atoms with E-state index in [1.54, 1.807) is 42.0 Å². The topological polar surface area (TPSA) is 115 Å². The second kappa shape index (κ2) is 9.80. The fraction of sp³-hybridized carbons (Fsp3) is 0.346. The first-order valence-electron chi connectivity index (χ1n) is 11.9. The summed E-state index contributed by atoms with van der Waals surface area (Å²) < 4.78 is 12.3. The number of ether oxygens (including phenoxy) is 2. The number of amides is 1. The molecule has 1 aliphatic rings. The first-order chi connectivity index (χ1) is 17.5. The Hall–Kier alpha value is -4.21. The molecular formula is C26H28N6O4. The van der Waals surface area contributed by atoms with Gasteiger partial charge in [0, 0.05) is 24.6 Å². The quantitative estimate of drug-likeness (QED) is 0.444. The maximum Gasteiger partial charge on any atom is 0.281 e. The normalized spacial score (nSPS) is 15.8. The monoisotopic (exact) mass is 488 g/mol. The van der Waals surface area contributed by atoms with Crippen molar-refractivity contribution in [3.8, 4) is 11.5 Å². The molecule has 2 aromatic heterocycles. The lowest BCUT2D eigenvalue weighted by Gasteiger charge is -2.32. The number of aromatic nitrogens is 5. The lowest BCUT2D eigenvalue weighted by atomic mass is 9.96. The summed E-state index contributed by atoms with van der Waals surface area (Å²) in [6, 6.07) is 13.3. The van der Waals surface area contributed by atoms with Gasteiger partial charge >= 0.3 is 0 Å². The van der Waals surface area contributed by atoms with Crippen molar-refractivity contribution in [1.82, 2.24) is 29.9 Å². The van der Waals surface area contributed by atoms with E-state index in [4.69, 9.17) is 14.5 Å². The number of rotatable bonds is 6. The van der Waals surface area contributed by atoms with Crippen LogP contribution in [0.5, 0.6) is 11.5 Å². The number of nitrogens with one attached hydrogen (secondary N) is 1. The number of methoxy groups -OCH3 is 2. The van der Waals surface area contributed by atoms with Crippen LogP contribution in [0.25, 0.3) is 11.2 Å². The number of hydrogen-bond acceptors (Lipinski definition) is 7. The Morgan fingerprint density at radius 2 is 1.89 bits per heavy atom. The summed E-state index contributed by atoms with van der Waals surface area (Å²) in [6.07, 6.45) is 1.61. The molecule has 0 spiro atoms. The average molecular weight is 489 g/mol. The molecule has 1 fully saturated rings. The van der Waals surface area contributed by atoms with Gasteiger partial charge in [-0.2, -0.15) is 0 Å². The van der Waals surface area contributed by atoms with E-state index in [2.05, 4.69) is 15.3 Å². The molecule has 36 heavy (non-hydrogen) atoms. The second-order valence-corrected chi connectivity index (χ2v) is 9.02. The van der Waals surface area contributed by atoms with Gasteiger partial charge in [-0.05, 0) is 43.5 Å². The molecule has 0 saturated carbocycles. The van der Waals surface area contributed by atoms with E-state index in [9.17, 15) is 9.59 Å². The average Bonchev–Trinajstić information content (AvgIpc) is 3.32. The molecule has 1 N–H and O–H groups in total. The van der Waals surface area contributed by atoms with Crippen LogP contribution in [-0.2, 0) is 6.54 Å². The van der Waals surface area contributed by atoms with Gasteiger partial charge < -0.3 is 19.4 Å². The Morgan fingerprint density at radius 3 is 2.64 bits per heavy atom. The highest BCUT2D eigenvalue weighted by Gasteiger charge is 2.28. The van der Waals surface area contributed by atoms with Gasteiger partial charge in [-0.3, -0.25) is 9.59 Å². The predicted molar refractivity (Wildman–Crippen MR) is 134 cm³/mol. The molecule has 5 rings (SSSR count). The van der Waals surface area contributed by atoms with Crippen LogP contribution in [0.3, 0.4) is 0 Å². The number of carbonyl (C=O) groups is 1. The van der Waals surface area contributed by atoms with Crippen LogP contribution in [0.1, 0.15) is 46.1 Å². The van der Waals surface area contributed by atoms with Crippen molar-refractivity contribution in [2.75, 3.05) is 27.3 Å². The van der Waals surface area contributed by atoms with E-state index in [1.165, 1.54) is 5.56 Å². The number of nitrogens with zero attached hydrogens (tertiary/aromatic N) is 5. The van der Waals surface area contributed by atoms with Crippen molar-refractivity contribution in [2.24, 2.45) is 0 Å². The summed E-state index contributed by atoms with van der Waals surface area (Å²) in [5.41, 5.74) is 3.06. The Balaban J connectivity index is 1.40. The highest BCUT2D eigenvalue weighted by molar-refractivity contribution is 5.95. The fourth-order valence-corrected chi connectivity index (χ4v) is 4.59. The number of fused-ring (bicyclic) bond motifs is 1. The number of likely N-dealkylation sites (tertiary alicyclic amines) is 1. The first-order valence-corrected chi connectivity index (χ1v) is 11.9. The lowest BCUT2D eigenvalue weighted by Crippen LogP contribution is -2.40. The van der Waals surface area contributed by atoms with Gasteiger partial charge in [-0.25, -0.2) is 9.67 Å². The molecular weight excluding hydrogens is 460 g/mol. The highest BCUT2D eigenvalue weighted by atomic mass is 16.5. The third-order valence-electron chi connectivity index (χ3n) is 6.57. The van der Waals surface area contributed by atoms with Crippen LogP contribution in [0.4, 0.5) is 0 Å². The Bertz CT molecular complexity index is 1460. The summed E-state index contributed by atoms with van der Waals surface area (Å²) in [4.78, 5) is 35.5. The van der Waals surface area contributed by atoms with E-state index >= 15 is 0 Å². The fourth-order valence-electron chi connectivity index (χ4n) is 4.59. The molecule has 0 bridgehead atoms. The molecule has 1 amide bonds. The number of hydrogen-bond donors (Lipinski definition) is 1. The van der Waals surface area contributed by atoms with Crippen LogP contribution in [0.2, 0.25) is 0 Å². The van der Waals surface area contributed by atoms with Crippen LogP contribution < -0.4 is 15.0 Å². The maximum atomic E-state index is 13.3. The van der Waals surface area contributed by atoms with Gasteiger partial charge in [-0.15, -0.1) is 5.10 Å². The molecule has 1 aliphatic heterocycles. The third-order valence-corrected chi connectivity index (χ3v) is 6.57. The van der Waals surface area contributed by atoms with Crippen LogP contribution in [-0.4, -0.2) is 63.1 Å². The molecule has 3 heterocycles. The molecule has 0 aliphatic carbocycles. The number of carbonyl (C=O) groups excluding carboxylic acids is 1. The molecule has 1 atom stereocenters. The molecule has 4 aromatic rings. The van der Waals surface area contributed by atoms with Gasteiger partial charge in [-0.1, -0.05) is 35.0 Å². The number of piperidine rings is 1. The van der Waals surface area contributed by atoms with Gasteiger partial charge in [0.1, 0.15) is 5.82 Å². The Kier molecular flexibility index (Phi) is 6.41. The number of aryl methyl sites for hydroxylation is 1. The third kappa shape index (κ3) is 4.53. The zero-order valence-electron chi connectivity index (χ0n) is 20.5. The number of aromatic amines is 1. The molecule has 2 aromatic carbocycles. The first kappa shape index (κ1) is 23.5. The zero-order chi connectivity index (χ0) is 25.2. The van der Waals surface area contributed by atoms with E-state index in [1.807, 2.05) is 31.2 Å². The van der Waals surface area contributed by atoms with E-state index in [0.717, 1.165) is 18.4 Å². The minimum atomic E-state index is -0.325. The van der Waals surface area contributed by atoms with Gasteiger partial charge in [0.2, 0.25) is 0 Å². The Labute approximate surface area is 207 Å². The van der Waals surface area contributed by atoms with Gasteiger partial charge in [0.15, 0.2) is 22.7 Å². The standard InChI is InChI=1S/C26H28N6O4/c1-16-6-8-17(9-7-16)14-32-24-22(29-30-32)25(33)28-23(27-24)19-5-4-12-31(15-19)26(34)18-10-11-20(35-2)21(13-18)36-3/h6-11,13,19H,4-5,12,14-15H2,1-3H3,(H,27,28,33). The number of H-pyrrole nitrogens is 1. The van der Waals surface area contributed by atoms with Crippen LogP contribution in [0.15, 0.2) is 47.3 Å². The molecule has 186 valence electrons. The summed E-state index contributed by atoms with van der Waals surface area (Å²) in [6.45, 7) is 3.57. The minimum absolute atomic E-state index is 0.102. The van der Waals surface area contributed by atoms with Gasteiger partial charge in [0.25, 0.3) is 11.5 Å². The van der Waals surface area contributed by atoms with Crippen molar-refractivity contribution < 1.29 is 14.3 Å². The molecule has 1 saturated heterocycles. The lowest BCUT2D eigenvalue weighted by molar-refractivity contribution is 0.0704. The summed E-state index contributed by atoms with van der Waals surface area (Å²) in [7, 11) is 3.10. The van der Waals surface area contributed by atoms with Crippen molar-refractivity contribution in [2.45, 2.75) is 32.2 Å². The van der Waals surface area contributed by atoms with E-state index in [-0.39, 0.29) is 22.9 Å². The van der Waals surface area contributed by atoms with Crippen molar-refractivity contribution >= 4 is 17.1 Å². The second-order valence-electron chi connectivity index (χ2n) is 9.02. The van der Waals surface area contributed by atoms with Crippen molar-refractivity contribution in [3.05, 3.63) is 75.3 Å². The highest BCUT2D eigenvalue weighted by Crippen LogP contribution is 2.30. The summed E-state index contributed by atoms with van der Waals surface area (Å²) in [5.74, 6) is 1.40. The summed E-state index contributed by atoms with van der Waals surface area (Å²) in [5, 5.41) is 8.22. The smallest absolute Gasteiger partial charge is 0.281 e. The largest absolute Gasteiger partial charge is 0.493 e. The molecule has 1 unspecified atom stereocenters. The van der Waals surface area contributed by atoms with Gasteiger partial charge in [0.05, 0.1) is 20.8 Å². The van der Waals surface area contributed by atoms with Crippen LogP contribution in [0, 0.1) is 6.92 Å². The minimum Gasteiger partial charge on any atom is -0.493 e. The molecule has 10 heteroatoms. The van der Waals surface area contributed by atoms with Crippen molar-refractivity contribution in [3.63, 3.8) is 0 Å². The van der Waals surface area contributed by atoms with Crippen molar-refractivity contribution in [1.29, 1.82) is 0 Å². The van der Waals surface area contributed by atoms with E-state index < -0.39 is 0 Å². The van der Waals surface area contributed by atoms with E-state index in [0.29, 0.717) is 48.2 Å². The van der Waals surface area contributed by atoms with Crippen LogP contribution >= 0.6 is 0 Å². The zero-order valence-corrected chi connectivity index (χ0v) is 20.5. The molecule has 10 nitrogen and oxygen atoms in total.